The number of nitrogens with one attached hydrogen (secondary N) is 1. The predicted molar refractivity (Wildman–Crippen MR) is 83.1 cm³/mol. The lowest BCUT2D eigenvalue weighted by Gasteiger charge is -2.10. The molecule has 2 aromatic rings. The Balaban J connectivity index is 0.00000288. The van der Waals surface area contributed by atoms with Gasteiger partial charge in [-0.05, 0) is 24.3 Å². The third kappa shape index (κ3) is 5.47. The van der Waals surface area contributed by atoms with Crippen LogP contribution in [0.15, 0.2) is 41.0 Å². The van der Waals surface area contributed by atoms with Crippen molar-refractivity contribution in [2.24, 2.45) is 5.73 Å². The van der Waals surface area contributed by atoms with Crippen LogP contribution in [0.5, 0.6) is 5.75 Å². The van der Waals surface area contributed by atoms with Crippen LogP contribution in [0.2, 0.25) is 0 Å². The van der Waals surface area contributed by atoms with E-state index in [0.29, 0.717) is 11.3 Å². The first-order chi connectivity index (χ1) is 10.9. The molecule has 0 bridgehead atoms. The molecule has 1 amide bonds. The van der Waals surface area contributed by atoms with E-state index in [1.807, 2.05) is 0 Å². The quantitative estimate of drug-likeness (QED) is 0.772. The number of benzene rings is 1. The van der Waals surface area contributed by atoms with Crippen LogP contribution in [0.3, 0.4) is 0 Å². The van der Waals surface area contributed by atoms with Crippen molar-refractivity contribution in [2.75, 3.05) is 13.2 Å². The largest absolute Gasteiger partial charge is 0.492 e. The number of ether oxygens (including phenoxy) is 1. The molecule has 1 aromatic heterocycles. The summed E-state index contributed by atoms with van der Waals surface area (Å²) in [5, 5.41) is 2.56. The van der Waals surface area contributed by atoms with Crippen LogP contribution >= 0.6 is 12.4 Å². The maximum absolute atomic E-state index is 12.6. The Hall–Kier alpha value is -2.19. The van der Waals surface area contributed by atoms with E-state index in [1.54, 1.807) is 0 Å². The van der Waals surface area contributed by atoms with E-state index < -0.39 is 11.7 Å². The van der Waals surface area contributed by atoms with Crippen molar-refractivity contribution in [3.63, 3.8) is 0 Å². The van der Waals surface area contributed by atoms with Gasteiger partial charge in [-0.1, -0.05) is 6.07 Å². The summed E-state index contributed by atoms with van der Waals surface area (Å²) in [5.41, 5.74) is 4.90. The molecule has 0 atom stereocenters. The Bertz CT molecular complexity index is 674. The fourth-order valence-corrected chi connectivity index (χ4v) is 1.80. The SMILES string of the molecule is Cl.NCc1cc(C(=O)NCCOc2cccc(C(F)(F)F)c2)co1. The first-order valence-electron chi connectivity index (χ1n) is 6.76. The van der Waals surface area contributed by atoms with E-state index in [0.717, 1.165) is 12.1 Å². The summed E-state index contributed by atoms with van der Waals surface area (Å²) in [6.07, 6.45) is -3.14. The number of rotatable bonds is 6. The second kappa shape index (κ2) is 8.60. The van der Waals surface area contributed by atoms with E-state index in [-0.39, 0.29) is 43.8 Å². The number of hydrogen-bond acceptors (Lipinski definition) is 4. The topological polar surface area (TPSA) is 77.5 Å². The van der Waals surface area contributed by atoms with Crippen LogP contribution < -0.4 is 15.8 Å². The maximum atomic E-state index is 12.6. The fraction of sp³-hybridized carbons (Fsp3) is 0.267. The summed E-state index contributed by atoms with van der Waals surface area (Å²) in [6.45, 7) is 0.360. The van der Waals surface area contributed by atoms with Crippen LogP contribution in [0, 0.1) is 0 Å². The molecule has 9 heteroatoms. The van der Waals surface area contributed by atoms with Gasteiger partial charge in [-0.25, -0.2) is 0 Å². The van der Waals surface area contributed by atoms with E-state index >= 15 is 0 Å². The molecule has 0 aliphatic heterocycles. The van der Waals surface area contributed by atoms with Gasteiger partial charge in [0.2, 0.25) is 0 Å². The van der Waals surface area contributed by atoms with Crippen LogP contribution in [0.1, 0.15) is 21.7 Å². The minimum Gasteiger partial charge on any atom is -0.492 e. The van der Waals surface area contributed by atoms with Gasteiger partial charge in [0.1, 0.15) is 24.4 Å². The molecule has 0 fully saturated rings. The predicted octanol–water partition coefficient (Wildman–Crippen LogP) is 2.99. The summed E-state index contributed by atoms with van der Waals surface area (Å²) in [6, 6.07) is 6.06. The van der Waals surface area contributed by atoms with E-state index in [9.17, 15) is 18.0 Å². The fourth-order valence-electron chi connectivity index (χ4n) is 1.80. The van der Waals surface area contributed by atoms with Crippen molar-refractivity contribution < 1.29 is 27.1 Å². The van der Waals surface area contributed by atoms with E-state index in [2.05, 4.69) is 5.32 Å². The summed E-state index contributed by atoms with van der Waals surface area (Å²) in [5.74, 6) is 0.194. The standard InChI is InChI=1S/C15H15F3N2O3.ClH/c16-15(17,18)11-2-1-3-12(7-11)22-5-4-20-14(21)10-6-13(8-19)23-9-10;/h1-3,6-7,9H,4-5,8,19H2,(H,20,21);1H. The molecule has 24 heavy (non-hydrogen) atoms. The normalized spacial score (nSPS) is 10.8. The van der Waals surface area contributed by atoms with Gasteiger partial charge in [-0.2, -0.15) is 13.2 Å². The average molecular weight is 365 g/mol. The van der Waals surface area contributed by atoms with Crippen molar-refractivity contribution >= 4 is 18.3 Å². The number of carbonyl (C=O) groups is 1. The zero-order valence-electron chi connectivity index (χ0n) is 12.4. The van der Waals surface area contributed by atoms with Gasteiger partial charge in [-0.3, -0.25) is 4.79 Å². The van der Waals surface area contributed by atoms with E-state index in [1.165, 1.54) is 24.5 Å². The van der Waals surface area contributed by atoms with Crippen molar-refractivity contribution in [1.29, 1.82) is 0 Å². The molecule has 0 saturated carbocycles. The summed E-state index contributed by atoms with van der Waals surface area (Å²) < 4.78 is 47.9. The second-order valence-corrected chi connectivity index (χ2v) is 4.64. The lowest BCUT2D eigenvalue weighted by Crippen LogP contribution is -2.27. The third-order valence-corrected chi connectivity index (χ3v) is 2.93. The molecule has 2 rings (SSSR count). The summed E-state index contributed by atoms with van der Waals surface area (Å²) >= 11 is 0. The minimum atomic E-state index is -4.42. The first kappa shape index (κ1) is 19.9. The highest BCUT2D eigenvalue weighted by molar-refractivity contribution is 5.93. The molecule has 132 valence electrons. The maximum Gasteiger partial charge on any atom is 0.416 e. The highest BCUT2D eigenvalue weighted by Crippen LogP contribution is 2.31. The van der Waals surface area contributed by atoms with Crippen molar-refractivity contribution in [1.82, 2.24) is 5.32 Å². The molecule has 0 aliphatic rings. The first-order valence-corrected chi connectivity index (χ1v) is 6.76. The average Bonchev–Trinajstić information content (AvgIpc) is 3.00. The number of carbonyl (C=O) groups excluding carboxylic acids is 1. The molecule has 0 spiro atoms. The number of halogens is 4. The van der Waals surface area contributed by atoms with Gasteiger partial charge in [-0.15, -0.1) is 12.4 Å². The Kier molecular flexibility index (Phi) is 7.12. The Morgan fingerprint density at radius 2 is 2.04 bits per heavy atom. The molecule has 0 aliphatic carbocycles. The lowest BCUT2D eigenvalue weighted by atomic mass is 10.2. The number of furan rings is 1. The Labute approximate surface area is 142 Å². The summed E-state index contributed by atoms with van der Waals surface area (Å²) in [4.78, 5) is 11.8. The Morgan fingerprint density at radius 3 is 2.67 bits per heavy atom. The molecular weight excluding hydrogens is 349 g/mol. The number of amides is 1. The lowest BCUT2D eigenvalue weighted by molar-refractivity contribution is -0.137. The van der Waals surface area contributed by atoms with Crippen molar-refractivity contribution in [3.8, 4) is 5.75 Å². The van der Waals surface area contributed by atoms with Gasteiger partial charge in [0.05, 0.1) is 24.2 Å². The smallest absolute Gasteiger partial charge is 0.416 e. The number of nitrogens with two attached hydrogens (primary N) is 1. The molecular formula is C15H16ClF3N2O3. The minimum absolute atomic E-state index is 0. The molecule has 0 saturated heterocycles. The summed E-state index contributed by atoms with van der Waals surface area (Å²) in [7, 11) is 0. The van der Waals surface area contributed by atoms with Crippen LogP contribution in [0.4, 0.5) is 13.2 Å². The number of hydrogen-bond donors (Lipinski definition) is 2. The zero-order chi connectivity index (χ0) is 16.9. The van der Waals surface area contributed by atoms with Gasteiger partial charge >= 0.3 is 6.18 Å². The van der Waals surface area contributed by atoms with Gasteiger partial charge < -0.3 is 20.2 Å². The zero-order valence-corrected chi connectivity index (χ0v) is 13.2. The monoisotopic (exact) mass is 364 g/mol. The number of alkyl halides is 3. The van der Waals surface area contributed by atoms with Crippen molar-refractivity contribution in [2.45, 2.75) is 12.7 Å². The molecule has 1 heterocycles. The highest BCUT2D eigenvalue weighted by atomic mass is 35.5. The van der Waals surface area contributed by atoms with E-state index in [4.69, 9.17) is 14.9 Å². The Morgan fingerprint density at radius 1 is 1.29 bits per heavy atom. The third-order valence-electron chi connectivity index (χ3n) is 2.93. The van der Waals surface area contributed by atoms with Crippen LogP contribution in [0.25, 0.3) is 0 Å². The van der Waals surface area contributed by atoms with Crippen molar-refractivity contribution in [3.05, 3.63) is 53.5 Å². The molecule has 0 radical (unpaired) electrons. The molecule has 3 N–H and O–H groups in total. The van der Waals surface area contributed by atoms with Gasteiger partial charge in [0.25, 0.3) is 5.91 Å². The van der Waals surface area contributed by atoms with Crippen LogP contribution in [-0.2, 0) is 12.7 Å². The molecule has 0 unspecified atom stereocenters. The molecule has 5 nitrogen and oxygen atoms in total. The van der Waals surface area contributed by atoms with Crippen LogP contribution in [-0.4, -0.2) is 19.1 Å². The second-order valence-electron chi connectivity index (χ2n) is 4.64. The van der Waals surface area contributed by atoms with Gasteiger partial charge in [0, 0.05) is 0 Å². The molecule has 1 aromatic carbocycles. The highest BCUT2D eigenvalue weighted by Gasteiger charge is 2.30. The van der Waals surface area contributed by atoms with Gasteiger partial charge in [0.15, 0.2) is 0 Å².